The van der Waals surface area contributed by atoms with Crippen molar-refractivity contribution in [3.8, 4) is 23.0 Å². The number of carboxylic acid groups (broad SMARTS) is 1. The summed E-state index contributed by atoms with van der Waals surface area (Å²) in [6.07, 6.45) is 2.18. The number of benzene rings is 2. The van der Waals surface area contributed by atoms with Crippen LogP contribution in [0.2, 0.25) is 0 Å². The van der Waals surface area contributed by atoms with Crippen molar-refractivity contribution in [3.63, 3.8) is 0 Å². The van der Waals surface area contributed by atoms with Gasteiger partial charge in [-0.05, 0) is 72.9 Å². The first kappa shape index (κ1) is 26.7. The monoisotopic (exact) mass is 486 g/mol. The molecule has 0 aliphatic carbocycles. The molecule has 1 aliphatic rings. The number of rotatable bonds is 12. The van der Waals surface area contributed by atoms with E-state index in [4.69, 9.17) is 23.7 Å². The SMILES string of the molecule is CCC(CC)(C[C@@H]1[C@@H](Cc2ccc(OC)c(OC)c2)CO[C@@H]1c1ccc(OC)c(OC)c1)C(=O)O. The molecule has 0 spiro atoms. The van der Waals surface area contributed by atoms with Crippen LogP contribution < -0.4 is 18.9 Å². The number of carbonyl (C=O) groups is 1. The van der Waals surface area contributed by atoms with E-state index in [0.717, 1.165) is 17.5 Å². The number of methoxy groups -OCH3 is 4. The lowest BCUT2D eigenvalue weighted by Crippen LogP contribution is -2.35. The fraction of sp³-hybridized carbons (Fsp3) is 0.536. The highest BCUT2D eigenvalue weighted by atomic mass is 16.5. The molecule has 192 valence electrons. The number of carboxylic acids is 1. The van der Waals surface area contributed by atoms with E-state index in [1.165, 1.54) is 0 Å². The first-order valence-electron chi connectivity index (χ1n) is 12.1. The molecule has 0 amide bonds. The van der Waals surface area contributed by atoms with Gasteiger partial charge in [0.2, 0.25) is 0 Å². The lowest BCUT2D eigenvalue weighted by atomic mass is 9.69. The van der Waals surface area contributed by atoms with Crippen LogP contribution in [0, 0.1) is 17.3 Å². The van der Waals surface area contributed by atoms with Gasteiger partial charge in [-0.2, -0.15) is 0 Å². The predicted molar refractivity (Wildman–Crippen MR) is 134 cm³/mol. The number of hydrogen-bond acceptors (Lipinski definition) is 6. The van der Waals surface area contributed by atoms with Gasteiger partial charge in [0, 0.05) is 0 Å². The lowest BCUT2D eigenvalue weighted by Gasteiger charge is -2.34. The molecule has 0 saturated carbocycles. The molecule has 7 nitrogen and oxygen atoms in total. The smallest absolute Gasteiger partial charge is 0.309 e. The Labute approximate surface area is 208 Å². The highest BCUT2D eigenvalue weighted by molar-refractivity contribution is 5.74. The molecule has 3 rings (SSSR count). The van der Waals surface area contributed by atoms with E-state index < -0.39 is 11.4 Å². The van der Waals surface area contributed by atoms with Crippen molar-refractivity contribution in [2.45, 2.75) is 45.6 Å². The Hall–Kier alpha value is -2.93. The van der Waals surface area contributed by atoms with E-state index in [1.807, 2.05) is 50.2 Å². The lowest BCUT2D eigenvalue weighted by molar-refractivity contribution is -0.151. The van der Waals surface area contributed by atoms with E-state index in [1.54, 1.807) is 28.4 Å². The van der Waals surface area contributed by atoms with Crippen LogP contribution in [0.15, 0.2) is 36.4 Å². The summed E-state index contributed by atoms with van der Waals surface area (Å²) in [5.41, 5.74) is 1.26. The van der Waals surface area contributed by atoms with Gasteiger partial charge in [-0.3, -0.25) is 4.79 Å². The number of aliphatic carboxylic acids is 1. The maximum Gasteiger partial charge on any atom is 0.309 e. The molecule has 0 bridgehead atoms. The van der Waals surface area contributed by atoms with Crippen LogP contribution in [-0.4, -0.2) is 46.1 Å². The zero-order valence-corrected chi connectivity index (χ0v) is 21.6. The largest absolute Gasteiger partial charge is 0.493 e. The van der Waals surface area contributed by atoms with Crippen molar-refractivity contribution >= 4 is 5.97 Å². The molecule has 35 heavy (non-hydrogen) atoms. The molecule has 1 N–H and O–H groups in total. The third-order valence-corrected chi connectivity index (χ3v) is 7.60. The summed E-state index contributed by atoms with van der Waals surface area (Å²) in [7, 11) is 6.46. The van der Waals surface area contributed by atoms with Crippen LogP contribution in [0.25, 0.3) is 0 Å². The minimum atomic E-state index is -0.803. The van der Waals surface area contributed by atoms with Crippen LogP contribution in [0.4, 0.5) is 0 Å². The van der Waals surface area contributed by atoms with Gasteiger partial charge in [0.1, 0.15) is 0 Å². The second-order valence-electron chi connectivity index (χ2n) is 9.18. The highest BCUT2D eigenvalue weighted by Crippen LogP contribution is 2.49. The van der Waals surface area contributed by atoms with Gasteiger partial charge < -0.3 is 28.8 Å². The molecule has 2 aromatic rings. The van der Waals surface area contributed by atoms with E-state index in [-0.39, 0.29) is 17.9 Å². The maximum absolute atomic E-state index is 12.4. The predicted octanol–water partition coefficient (Wildman–Crippen LogP) is 5.55. The van der Waals surface area contributed by atoms with Crippen molar-refractivity contribution in [2.75, 3.05) is 35.0 Å². The molecular formula is C28H38O7. The molecule has 1 heterocycles. The topological polar surface area (TPSA) is 83.5 Å². The Morgan fingerprint density at radius 2 is 1.49 bits per heavy atom. The third-order valence-electron chi connectivity index (χ3n) is 7.60. The average Bonchev–Trinajstić information content (AvgIpc) is 3.27. The summed E-state index contributed by atoms with van der Waals surface area (Å²) in [4.78, 5) is 12.4. The maximum atomic E-state index is 12.4. The summed E-state index contributed by atoms with van der Waals surface area (Å²) in [5.74, 6) is 2.05. The van der Waals surface area contributed by atoms with Gasteiger partial charge in [-0.1, -0.05) is 26.0 Å². The van der Waals surface area contributed by atoms with Crippen molar-refractivity contribution in [1.82, 2.24) is 0 Å². The highest BCUT2D eigenvalue weighted by Gasteiger charge is 2.46. The zero-order chi connectivity index (χ0) is 25.6. The van der Waals surface area contributed by atoms with E-state index >= 15 is 0 Å². The zero-order valence-electron chi connectivity index (χ0n) is 21.6. The van der Waals surface area contributed by atoms with Crippen molar-refractivity contribution < 1.29 is 33.6 Å². The van der Waals surface area contributed by atoms with Gasteiger partial charge in [-0.15, -0.1) is 0 Å². The molecule has 0 aromatic heterocycles. The van der Waals surface area contributed by atoms with Crippen molar-refractivity contribution in [3.05, 3.63) is 47.5 Å². The second-order valence-corrected chi connectivity index (χ2v) is 9.18. The van der Waals surface area contributed by atoms with Crippen molar-refractivity contribution in [1.29, 1.82) is 0 Å². The van der Waals surface area contributed by atoms with E-state index in [0.29, 0.717) is 48.9 Å². The molecule has 1 fully saturated rings. The molecule has 1 aliphatic heterocycles. The van der Waals surface area contributed by atoms with Crippen molar-refractivity contribution in [2.24, 2.45) is 17.3 Å². The first-order chi connectivity index (χ1) is 16.9. The molecule has 1 saturated heterocycles. The van der Waals surface area contributed by atoms with Gasteiger partial charge in [0.15, 0.2) is 23.0 Å². The summed E-state index contributed by atoms with van der Waals surface area (Å²) in [5, 5.41) is 10.2. The Balaban J connectivity index is 1.98. The summed E-state index contributed by atoms with van der Waals surface area (Å²) in [6.45, 7) is 4.46. The number of hydrogen-bond donors (Lipinski definition) is 1. The summed E-state index contributed by atoms with van der Waals surface area (Å²) >= 11 is 0. The minimum Gasteiger partial charge on any atom is -0.493 e. The first-order valence-corrected chi connectivity index (χ1v) is 12.1. The van der Waals surface area contributed by atoms with Crippen LogP contribution >= 0.6 is 0 Å². The van der Waals surface area contributed by atoms with Crippen LogP contribution in [0.1, 0.15) is 50.3 Å². The third kappa shape index (κ3) is 5.50. The molecular weight excluding hydrogens is 448 g/mol. The Morgan fingerprint density at radius 1 is 0.914 bits per heavy atom. The Bertz CT molecular complexity index is 999. The molecule has 2 aromatic carbocycles. The quantitative estimate of drug-likeness (QED) is 0.421. The molecule has 0 unspecified atom stereocenters. The number of ether oxygens (including phenoxy) is 5. The van der Waals surface area contributed by atoms with E-state index in [2.05, 4.69) is 0 Å². The Kier molecular flexibility index (Phi) is 8.89. The van der Waals surface area contributed by atoms with Gasteiger partial charge in [0.05, 0.1) is 46.6 Å². The summed E-state index contributed by atoms with van der Waals surface area (Å²) in [6, 6.07) is 11.7. The van der Waals surface area contributed by atoms with Gasteiger partial charge >= 0.3 is 5.97 Å². The van der Waals surface area contributed by atoms with Crippen LogP contribution in [0.5, 0.6) is 23.0 Å². The second kappa shape index (κ2) is 11.7. The van der Waals surface area contributed by atoms with Crippen LogP contribution in [-0.2, 0) is 16.0 Å². The minimum absolute atomic E-state index is 0.0113. The van der Waals surface area contributed by atoms with E-state index in [9.17, 15) is 9.90 Å². The van der Waals surface area contributed by atoms with Gasteiger partial charge in [0.25, 0.3) is 0 Å². The standard InChI is InChI=1S/C28H38O7/c1-7-28(8-2,27(29)30)16-21-20(13-18-9-11-22(31-3)24(14-18)33-5)17-35-26(21)19-10-12-23(32-4)25(15-19)34-6/h9-12,14-15,20-21,26H,7-8,13,16-17H2,1-6H3,(H,29,30)/t20-,21+,26+/m0/s1. The Morgan fingerprint density at radius 3 is 2.03 bits per heavy atom. The van der Waals surface area contributed by atoms with Gasteiger partial charge in [-0.25, -0.2) is 0 Å². The normalized spacial score (nSPS) is 19.9. The summed E-state index contributed by atoms with van der Waals surface area (Å²) < 4.78 is 28.2. The average molecular weight is 487 g/mol. The fourth-order valence-corrected chi connectivity index (χ4v) is 5.27. The molecule has 0 radical (unpaired) electrons. The molecule has 3 atom stereocenters. The fourth-order valence-electron chi connectivity index (χ4n) is 5.27. The van der Waals surface area contributed by atoms with Crippen LogP contribution in [0.3, 0.4) is 0 Å². The molecule has 7 heteroatoms.